The van der Waals surface area contributed by atoms with Gasteiger partial charge in [0, 0.05) is 5.69 Å². The van der Waals surface area contributed by atoms with Crippen molar-refractivity contribution >= 4 is 11.7 Å². The number of anilines is 1. The van der Waals surface area contributed by atoms with Crippen molar-refractivity contribution in [2.45, 2.75) is 26.1 Å². The molecule has 0 saturated heterocycles. The summed E-state index contributed by atoms with van der Waals surface area (Å²) < 4.78 is 42.7. The molecule has 1 aromatic carbocycles. The standard InChI is InChI=1S/C12H14F3NO2/c1-8(2)18-11(17)7-16-10-6-4-3-5-9(10)12(13,14)15/h3-6,8,16H,7H2,1-2H3. The van der Waals surface area contributed by atoms with Crippen LogP contribution in [0.3, 0.4) is 0 Å². The van der Waals surface area contributed by atoms with Gasteiger partial charge in [0.05, 0.1) is 11.7 Å². The quantitative estimate of drug-likeness (QED) is 0.846. The summed E-state index contributed by atoms with van der Waals surface area (Å²) in [7, 11) is 0. The van der Waals surface area contributed by atoms with Gasteiger partial charge in [-0.15, -0.1) is 0 Å². The van der Waals surface area contributed by atoms with E-state index in [1.807, 2.05) is 0 Å². The van der Waals surface area contributed by atoms with Gasteiger partial charge in [-0.05, 0) is 26.0 Å². The molecule has 0 amide bonds. The Balaban J connectivity index is 2.71. The maximum atomic E-state index is 12.6. The summed E-state index contributed by atoms with van der Waals surface area (Å²) >= 11 is 0. The Morgan fingerprint density at radius 2 is 1.94 bits per heavy atom. The first kappa shape index (κ1) is 14.3. The van der Waals surface area contributed by atoms with Crippen LogP contribution in [0.15, 0.2) is 24.3 Å². The normalized spacial score (nSPS) is 11.4. The topological polar surface area (TPSA) is 38.3 Å². The number of carbonyl (C=O) groups is 1. The molecule has 0 unspecified atom stereocenters. The molecule has 100 valence electrons. The zero-order chi connectivity index (χ0) is 13.8. The van der Waals surface area contributed by atoms with Crippen LogP contribution in [0.2, 0.25) is 0 Å². The maximum absolute atomic E-state index is 12.6. The summed E-state index contributed by atoms with van der Waals surface area (Å²) in [5.41, 5.74) is -0.937. The molecule has 0 spiro atoms. The van der Waals surface area contributed by atoms with Crippen molar-refractivity contribution in [1.82, 2.24) is 0 Å². The first-order chi connectivity index (χ1) is 8.30. The van der Waals surface area contributed by atoms with Crippen LogP contribution in [0, 0.1) is 0 Å². The predicted octanol–water partition coefficient (Wildman–Crippen LogP) is 3.07. The molecule has 3 nitrogen and oxygen atoms in total. The van der Waals surface area contributed by atoms with Crippen molar-refractivity contribution in [2.24, 2.45) is 0 Å². The van der Waals surface area contributed by atoms with Crippen molar-refractivity contribution < 1.29 is 22.7 Å². The van der Waals surface area contributed by atoms with E-state index in [-0.39, 0.29) is 18.3 Å². The van der Waals surface area contributed by atoms with E-state index in [2.05, 4.69) is 5.32 Å². The second-order valence-corrected chi connectivity index (χ2v) is 3.94. The number of carbonyl (C=O) groups excluding carboxylic acids is 1. The van der Waals surface area contributed by atoms with Crippen molar-refractivity contribution in [3.05, 3.63) is 29.8 Å². The zero-order valence-electron chi connectivity index (χ0n) is 10.0. The second kappa shape index (κ2) is 5.75. The highest BCUT2D eigenvalue weighted by Crippen LogP contribution is 2.34. The fraction of sp³-hybridized carbons (Fsp3) is 0.417. The summed E-state index contributed by atoms with van der Waals surface area (Å²) in [6, 6.07) is 4.98. The van der Waals surface area contributed by atoms with Crippen LogP contribution in [0.5, 0.6) is 0 Å². The summed E-state index contributed by atoms with van der Waals surface area (Å²) in [5, 5.41) is 2.43. The van der Waals surface area contributed by atoms with Crippen molar-refractivity contribution in [1.29, 1.82) is 0 Å². The molecular formula is C12H14F3NO2. The number of nitrogens with one attached hydrogen (secondary N) is 1. The number of ether oxygens (including phenoxy) is 1. The van der Waals surface area contributed by atoms with Gasteiger partial charge in [0.1, 0.15) is 6.54 Å². The monoisotopic (exact) mass is 261 g/mol. The van der Waals surface area contributed by atoms with Crippen LogP contribution in [-0.2, 0) is 15.7 Å². The van der Waals surface area contributed by atoms with E-state index in [4.69, 9.17) is 4.74 Å². The van der Waals surface area contributed by atoms with E-state index < -0.39 is 17.7 Å². The largest absolute Gasteiger partial charge is 0.462 e. The van der Waals surface area contributed by atoms with Crippen LogP contribution >= 0.6 is 0 Å². The van der Waals surface area contributed by atoms with Gasteiger partial charge in [0.15, 0.2) is 0 Å². The first-order valence-electron chi connectivity index (χ1n) is 5.40. The smallest absolute Gasteiger partial charge is 0.418 e. The van der Waals surface area contributed by atoms with Crippen LogP contribution in [0.25, 0.3) is 0 Å². The Bertz CT molecular complexity index is 416. The Hall–Kier alpha value is -1.72. The molecule has 0 saturated carbocycles. The van der Waals surface area contributed by atoms with Crippen molar-refractivity contribution in [3.63, 3.8) is 0 Å². The SMILES string of the molecule is CC(C)OC(=O)CNc1ccccc1C(F)(F)F. The lowest BCUT2D eigenvalue weighted by molar-refractivity contribution is -0.145. The molecule has 0 aliphatic carbocycles. The number of hydrogen-bond donors (Lipinski definition) is 1. The molecule has 1 rings (SSSR count). The van der Waals surface area contributed by atoms with E-state index in [1.54, 1.807) is 13.8 Å². The lowest BCUT2D eigenvalue weighted by atomic mass is 10.1. The highest BCUT2D eigenvalue weighted by molar-refractivity contribution is 5.75. The first-order valence-corrected chi connectivity index (χ1v) is 5.40. The Labute approximate surface area is 103 Å². The van der Waals surface area contributed by atoms with E-state index in [0.29, 0.717) is 0 Å². The molecule has 1 aromatic rings. The predicted molar refractivity (Wildman–Crippen MR) is 61.2 cm³/mol. The minimum absolute atomic E-state index is 0.134. The van der Waals surface area contributed by atoms with E-state index >= 15 is 0 Å². The highest BCUT2D eigenvalue weighted by atomic mass is 19.4. The average Bonchev–Trinajstić information content (AvgIpc) is 2.24. The Morgan fingerprint density at radius 1 is 1.33 bits per heavy atom. The maximum Gasteiger partial charge on any atom is 0.418 e. The van der Waals surface area contributed by atoms with Gasteiger partial charge in [0.2, 0.25) is 0 Å². The van der Waals surface area contributed by atoms with Crippen molar-refractivity contribution in [2.75, 3.05) is 11.9 Å². The molecule has 0 aliphatic heterocycles. The molecule has 0 atom stereocenters. The third-order valence-corrected chi connectivity index (χ3v) is 2.02. The molecule has 0 fully saturated rings. The van der Waals surface area contributed by atoms with E-state index in [9.17, 15) is 18.0 Å². The van der Waals surface area contributed by atoms with Crippen LogP contribution in [0.1, 0.15) is 19.4 Å². The molecule has 18 heavy (non-hydrogen) atoms. The van der Waals surface area contributed by atoms with Gasteiger partial charge >= 0.3 is 12.1 Å². The number of rotatable bonds is 4. The lowest BCUT2D eigenvalue weighted by Crippen LogP contribution is -2.21. The number of halogens is 3. The minimum Gasteiger partial charge on any atom is -0.462 e. The summed E-state index contributed by atoms with van der Waals surface area (Å²) in [6.07, 6.45) is -4.75. The van der Waals surface area contributed by atoms with Gasteiger partial charge in [0.25, 0.3) is 0 Å². The fourth-order valence-electron chi connectivity index (χ4n) is 1.36. The van der Waals surface area contributed by atoms with Gasteiger partial charge in [-0.2, -0.15) is 13.2 Å². The average molecular weight is 261 g/mol. The molecule has 0 aromatic heterocycles. The van der Waals surface area contributed by atoms with Gasteiger partial charge in [-0.25, -0.2) is 0 Å². The molecule has 0 bridgehead atoms. The third-order valence-electron chi connectivity index (χ3n) is 2.02. The molecule has 0 radical (unpaired) electrons. The van der Waals surface area contributed by atoms with E-state index in [1.165, 1.54) is 18.2 Å². The second-order valence-electron chi connectivity index (χ2n) is 3.94. The summed E-state index contributed by atoms with van der Waals surface area (Å²) in [4.78, 5) is 11.2. The number of esters is 1. The summed E-state index contributed by atoms with van der Waals surface area (Å²) in [5.74, 6) is -0.595. The fourth-order valence-corrected chi connectivity index (χ4v) is 1.36. The summed E-state index contributed by atoms with van der Waals surface area (Å²) in [6.45, 7) is 3.04. The molecule has 0 aliphatic rings. The highest BCUT2D eigenvalue weighted by Gasteiger charge is 2.33. The Kier molecular flexibility index (Phi) is 4.58. The third kappa shape index (κ3) is 4.27. The van der Waals surface area contributed by atoms with E-state index in [0.717, 1.165) is 6.07 Å². The number of hydrogen-bond acceptors (Lipinski definition) is 3. The van der Waals surface area contributed by atoms with Crippen LogP contribution in [-0.4, -0.2) is 18.6 Å². The molecule has 0 heterocycles. The van der Waals surface area contributed by atoms with Crippen LogP contribution < -0.4 is 5.32 Å². The zero-order valence-corrected chi connectivity index (χ0v) is 10.0. The Morgan fingerprint density at radius 3 is 2.50 bits per heavy atom. The van der Waals surface area contributed by atoms with Gasteiger partial charge in [-0.3, -0.25) is 4.79 Å². The lowest BCUT2D eigenvalue weighted by Gasteiger charge is -2.14. The number of para-hydroxylation sites is 1. The molecule has 1 N–H and O–H groups in total. The number of alkyl halides is 3. The van der Waals surface area contributed by atoms with Crippen molar-refractivity contribution in [3.8, 4) is 0 Å². The minimum atomic E-state index is -4.45. The number of benzene rings is 1. The van der Waals surface area contributed by atoms with Crippen LogP contribution in [0.4, 0.5) is 18.9 Å². The van der Waals surface area contributed by atoms with Gasteiger partial charge < -0.3 is 10.1 Å². The molecule has 6 heteroatoms. The van der Waals surface area contributed by atoms with Gasteiger partial charge in [-0.1, -0.05) is 12.1 Å². The molecular weight excluding hydrogens is 247 g/mol.